The second kappa shape index (κ2) is 17.3. The van der Waals surface area contributed by atoms with Gasteiger partial charge in [-0.05, 0) is 48.4 Å². The predicted molar refractivity (Wildman–Crippen MR) is 171 cm³/mol. The van der Waals surface area contributed by atoms with Crippen molar-refractivity contribution < 1.29 is 14.3 Å². The minimum atomic E-state index is -0.388. The second-order valence-electron chi connectivity index (χ2n) is 10.5. The Hall–Kier alpha value is -4.72. The number of hydrogen-bond donors (Lipinski definition) is 2. The summed E-state index contributed by atoms with van der Waals surface area (Å²) >= 11 is 0. The Kier molecular flexibility index (Phi) is 12.6. The average Bonchev–Trinajstić information content (AvgIpc) is 3.47. The standard InChI is InChI=1S/C35H41N5O3/c1-2-3-4-5-6-7-14-19-33(41)36-25-34(42)38-37-24-30-26-40(31-17-12-9-13-18-31)39-35(30)29-20-22-32(23-21-29)43-27-28-15-10-8-11-16-28/h8-13,15-18,20-24,26H,2-7,14,19,25,27H2,1H3,(H,36,41)(H,38,42). The van der Waals surface area contributed by atoms with Gasteiger partial charge >= 0.3 is 0 Å². The van der Waals surface area contributed by atoms with Crippen LogP contribution in [-0.4, -0.2) is 34.4 Å². The van der Waals surface area contributed by atoms with Gasteiger partial charge in [0.25, 0.3) is 5.91 Å². The van der Waals surface area contributed by atoms with E-state index in [2.05, 4.69) is 22.8 Å². The highest BCUT2D eigenvalue weighted by Crippen LogP contribution is 2.25. The van der Waals surface area contributed by atoms with Gasteiger partial charge < -0.3 is 10.1 Å². The quantitative estimate of drug-likeness (QED) is 0.0814. The van der Waals surface area contributed by atoms with Gasteiger partial charge in [0.1, 0.15) is 18.1 Å². The molecular weight excluding hydrogens is 538 g/mol. The molecule has 43 heavy (non-hydrogen) atoms. The van der Waals surface area contributed by atoms with E-state index >= 15 is 0 Å². The molecule has 224 valence electrons. The van der Waals surface area contributed by atoms with Crippen LogP contribution in [-0.2, 0) is 16.2 Å². The number of benzene rings is 3. The number of nitrogens with one attached hydrogen (secondary N) is 2. The van der Waals surface area contributed by atoms with Crippen LogP contribution in [0.5, 0.6) is 5.75 Å². The largest absolute Gasteiger partial charge is 0.489 e. The molecule has 1 aromatic heterocycles. The summed E-state index contributed by atoms with van der Waals surface area (Å²) in [5, 5.41) is 11.6. The van der Waals surface area contributed by atoms with Crippen LogP contribution in [0.15, 0.2) is 96.2 Å². The molecule has 0 aliphatic carbocycles. The first-order valence-corrected chi connectivity index (χ1v) is 15.1. The molecule has 0 unspecified atom stereocenters. The van der Waals surface area contributed by atoms with E-state index in [0.717, 1.165) is 47.4 Å². The zero-order valence-corrected chi connectivity index (χ0v) is 24.9. The van der Waals surface area contributed by atoms with Gasteiger partial charge in [0.15, 0.2) is 0 Å². The first kappa shape index (κ1) is 31.2. The first-order valence-electron chi connectivity index (χ1n) is 15.1. The summed E-state index contributed by atoms with van der Waals surface area (Å²) in [7, 11) is 0. The maximum Gasteiger partial charge on any atom is 0.259 e. The van der Waals surface area contributed by atoms with Gasteiger partial charge in [0, 0.05) is 23.7 Å². The lowest BCUT2D eigenvalue weighted by atomic mass is 10.1. The van der Waals surface area contributed by atoms with E-state index in [0.29, 0.717) is 18.7 Å². The van der Waals surface area contributed by atoms with Gasteiger partial charge in [-0.3, -0.25) is 9.59 Å². The van der Waals surface area contributed by atoms with Crippen LogP contribution in [0.25, 0.3) is 16.9 Å². The van der Waals surface area contributed by atoms with Crippen molar-refractivity contribution in [2.45, 2.75) is 64.9 Å². The molecule has 2 N–H and O–H groups in total. The molecule has 4 aromatic rings. The third kappa shape index (κ3) is 10.6. The Labute approximate surface area is 254 Å². The summed E-state index contributed by atoms with van der Waals surface area (Å²) in [4.78, 5) is 24.4. The van der Waals surface area contributed by atoms with Crippen LogP contribution in [0, 0.1) is 0 Å². The van der Waals surface area contributed by atoms with E-state index in [9.17, 15) is 9.59 Å². The number of amides is 2. The summed E-state index contributed by atoms with van der Waals surface area (Å²) in [5.74, 6) is 0.253. The van der Waals surface area contributed by atoms with E-state index in [4.69, 9.17) is 9.84 Å². The minimum absolute atomic E-state index is 0.115. The number of ether oxygens (including phenoxy) is 1. The predicted octanol–water partition coefficient (Wildman–Crippen LogP) is 6.83. The lowest BCUT2D eigenvalue weighted by Crippen LogP contribution is -2.34. The molecule has 0 spiro atoms. The highest BCUT2D eigenvalue weighted by Gasteiger charge is 2.12. The topological polar surface area (TPSA) is 97.6 Å². The summed E-state index contributed by atoms with van der Waals surface area (Å²) in [5.41, 5.74) is 6.83. The fraction of sp³-hybridized carbons (Fsp3) is 0.314. The first-order chi connectivity index (χ1) is 21.1. The molecule has 3 aromatic carbocycles. The Bertz CT molecular complexity index is 1430. The molecule has 4 rings (SSSR count). The van der Waals surface area contributed by atoms with Gasteiger partial charge in [-0.2, -0.15) is 10.2 Å². The Morgan fingerprint density at radius 2 is 1.51 bits per heavy atom. The monoisotopic (exact) mass is 579 g/mol. The van der Waals surface area contributed by atoms with E-state index < -0.39 is 0 Å². The lowest BCUT2D eigenvalue weighted by Gasteiger charge is -2.07. The van der Waals surface area contributed by atoms with Crippen LogP contribution in [0.4, 0.5) is 0 Å². The molecule has 0 saturated carbocycles. The number of rotatable bonds is 17. The SMILES string of the molecule is CCCCCCCCCC(=O)NCC(=O)NN=Cc1cn(-c2ccccc2)nc1-c1ccc(OCc2ccccc2)cc1. The van der Waals surface area contributed by atoms with E-state index in [1.807, 2.05) is 91.1 Å². The lowest BCUT2D eigenvalue weighted by molar-refractivity contribution is -0.126. The fourth-order valence-electron chi connectivity index (χ4n) is 4.59. The van der Waals surface area contributed by atoms with Crippen molar-refractivity contribution in [3.05, 3.63) is 102 Å². The smallest absolute Gasteiger partial charge is 0.259 e. The third-order valence-electron chi connectivity index (χ3n) is 6.99. The molecular formula is C35H41N5O3. The van der Waals surface area contributed by atoms with Crippen molar-refractivity contribution in [1.29, 1.82) is 0 Å². The Balaban J connectivity index is 1.32. The molecule has 0 atom stereocenters. The fourth-order valence-corrected chi connectivity index (χ4v) is 4.59. The van der Waals surface area contributed by atoms with Crippen LogP contribution < -0.4 is 15.5 Å². The summed E-state index contributed by atoms with van der Waals surface area (Å²) in [6, 6.07) is 27.5. The molecule has 0 aliphatic rings. The normalized spacial score (nSPS) is 11.0. The van der Waals surface area contributed by atoms with Gasteiger partial charge in [-0.1, -0.05) is 94.0 Å². The minimum Gasteiger partial charge on any atom is -0.489 e. The summed E-state index contributed by atoms with van der Waals surface area (Å²) in [6.07, 6.45) is 11.9. The molecule has 0 fully saturated rings. The van der Waals surface area contributed by atoms with Gasteiger partial charge in [0.05, 0.1) is 18.4 Å². The van der Waals surface area contributed by atoms with Gasteiger partial charge in [-0.15, -0.1) is 0 Å². The number of carbonyl (C=O) groups excluding carboxylic acids is 2. The van der Waals surface area contributed by atoms with Gasteiger partial charge in [-0.25, -0.2) is 10.1 Å². The summed E-state index contributed by atoms with van der Waals surface area (Å²) in [6.45, 7) is 2.57. The number of para-hydroxylation sites is 1. The maximum atomic E-state index is 12.3. The number of unbranched alkanes of at least 4 members (excludes halogenated alkanes) is 6. The van der Waals surface area contributed by atoms with Gasteiger partial charge in [0.2, 0.25) is 5.91 Å². The van der Waals surface area contributed by atoms with Crippen LogP contribution >= 0.6 is 0 Å². The van der Waals surface area contributed by atoms with Crippen molar-refractivity contribution in [3.8, 4) is 22.7 Å². The van der Waals surface area contributed by atoms with Crippen molar-refractivity contribution in [2.24, 2.45) is 5.10 Å². The number of carbonyl (C=O) groups is 2. The van der Waals surface area contributed by atoms with E-state index in [-0.39, 0.29) is 18.4 Å². The van der Waals surface area contributed by atoms with Crippen LogP contribution in [0.3, 0.4) is 0 Å². The third-order valence-corrected chi connectivity index (χ3v) is 6.99. The number of hydrazone groups is 1. The molecule has 8 heteroatoms. The number of aromatic nitrogens is 2. The maximum absolute atomic E-state index is 12.3. The van der Waals surface area contributed by atoms with Crippen LogP contribution in [0.1, 0.15) is 69.4 Å². The summed E-state index contributed by atoms with van der Waals surface area (Å²) < 4.78 is 7.71. The van der Waals surface area contributed by atoms with Crippen molar-refractivity contribution >= 4 is 18.0 Å². The van der Waals surface area contributed by atoms with E-state index in [1.165, 1.54) is 25.7 Å². The molecule has 0 saturated heterocycles. The molecule has 8 nitrogen and oxygen atoms in total. The average molecular weight is 580 g/mol. The molecule has 0 aliphatic heterocycles. The zero-order chi connectivity index (χ0) is 30.1. The van der Waals surface area contributed by atoms with Crippen LogP contribution in [0.2, 0.25) is 0 Å². The Morgan fingerprint density at radius 3 is 2.23 bits per heavy atom. The Morgan fingerprint density at radius 1 is 0.837 bits per heavy atom. The highest BCUT2D eigenvalue weighted by molar-refractivity contribution is 5.90. The highest BCUT2D eigenvalue weighted by atomic mass is 16.5. The number of hydrogen-bond acceptors (Lipinski definition) is 5. The number of nitrogens with zero attached hydrogens (tertiary/aromatic N) is 3. The molecule has 0 bridgehead atoms. The zero-order valence-electron chi connectivity index (χ0n) is 24.9. The van der Waals surface area contributed by atoms with Crippen molar-refractivity contribution in [3.63, 3.8) is 0 Å². The molecule has 0 radical (unpaired) electrons. The van der Waals surface area contributed by atoms with Crippen molar-refractivity contribution in [2.75, 3.05) is 6.54 Å². The molecule has 2 amide bonds. The second-order valence-corrected chi connectivity index (χ2v) is 10.5. The molecule has 1 heterocycles. The van der Waals surface area contributed by atoms with E-state index in [1.54, 1.807) is 10.9 Å². The van der Waals surface area contributed by atoms with Crippen molar-refractivity contribution in [1.82, 2.24) is 20.5 Å².